The molecule has 4 rings (SSSR count). The van der Waals surface area contributed by atoms with E-state index in [4.69, 9.17) is 14.2 Å². The first-order valence-electron chi connectivity index (χ1n) is 10.9. The number of ether oxygens (including phenoxy) is 3. The molecule has 1 aromatic carbocycles. The van der Waals surface area contributed by atoms with Gasteiger partial charge in [0.05, 0.1) is 42.2 Å². The van der Waals surface area contributed by atoms with Crippen LogP contribution in [0.5, 0.6) is 11.5 Å². The molecule has 0 saturated carbocycles. The maximum absolute atomic E-state index is 13.7. The molecule has 3 aromatic rings. The lowest BCUT2D eigenvalue weighted by Gasteiger charge is -2.25. The highest BCUT2D eigenvalue weighted by molar-refractivity contribution is 7.11. The lowest BCUT2D eigenvalue weighted by Crippen LogP contribution is -2.40. The number of allylic oxidation sites excluding steroid dienone is 1. The molecule has 9 heteroatoms. The summed E-state index contributed by atoms with van der Waals surface area (Å²) in [7, 11) is 1.57. The Morgan fingerprint density at radius 3 is 2.62 bits per heavy atom. The minimum Gasteiger partial charge on any atom is -0.493 e. The molecule has 0 spiro atoms. The highest BCUT2D eigenvalue weighted by Crippen LogP contribution is 2.36. The molecular formula is C25H26N2O5S2. The molecule has 0 fully saturated rings. The Labute approximate surface area is 205 Å². The number of aromatic nitrogens is 1. The van der Waals surface area contributed by atoms with Crippen molar-refractivity contribution in [3.05, 3.63) is 76.6 Å². The van der Waals surface area contributed by atoms with Gasteiger partial charge in [-0.15, -0.1) is 11.3 Å². The maximum Gasteiger partial charge on any atom is 0.338 e. The average Bonchev–Trinajstić information content (AvgIpc) is 3.35. The van der Waals surface area contributed by atoms with Crippen molar-refractivity contribution >= 4 is 34.7 Å². The number of carbonyl (C=O) groups excluding carboxylic acids is 1. The third kappa shape index (κ3) is 4.33. The maximum atomic E-state index is 13.7. The molecule has 178 valence electrons. The Kier molecular flexibility index (Phi) is 7.04. The molecule has 0 radical (unpaired) electrons. The predicted octanol–water partition coefficient (Wildman–Crippen LogP) is 3.58. The van der Waals surface area contributed by atoms with Crippen LogP contribution in [0.1, 0.15) is 42.8 Å². The van der Waals surface area contributed by atoms with Gasteiger partial charge in [0.25, 0.3) is 5.56 Å². The second-order valence-electron chi connectivity index (χ2n) is 7.61. The number of fused-ring (bicyclic) bond motifs is 1. The number of hydrogen-bond acceptors (Lipinski definition) is 8. The van der Waals surface area contributed by atoms with E-state index in [1.807, 2.05) is 43.5 Å². The van der Waals surface area contributed by atoms with Crippen molar-refractivity contribution in [1.29, 1.82) is 0 Å². The van der Waals surface area contributed by atoms with E-state index >= 15 is 0 Å². The minimum atomic E-state index is -0.702. The van der Waals surface area contributed by atoms with Gasteiger partial charge in [0.1, 0.15) is 0 Å². The lowest BCUT2D eigenvalue weighted by molar-refractivity contribution is -0.139. The smallest absolute Gasteiger partial charge is 0.338 e. The topological polar surface area (TPSA) is 79.1 Å². The molecule has 0 N–H and O–H groups in total. The fourth-order valence-corrected chi connectivity index (χ4v) is 5.85. The summed E-state index contributed by atoms with van der Waals surface area (Å²) in [5.74, 6) is 0.618. The largest absolute Gasteiger partial charge is 0.493 e. The van der Waals surface area contributed by atoms with E-state index in [2.05, 4.69) is 4.99 Å². The van der Waals surface area contributed by atoms with Crippen LogP contribution in [-0.2, 0) is 9.53 Å². The zero-order valence-corrected chi connectivity index (χ0v) is 21.3. The van der Waals surface area contributed by atoms with Gasteiger partial charge < -0.3 is 14.2 Å². The molecule has 0 bridgehead atoms. The van der Waals surface area contributed by atoms with Crippen LogP contribution < -0.4 is 24.4 Å². The third-order valence-electron chi connectivity index (χ3n) is 5.48. The van der Waals surface area contributed by atoms with E-state index in [-0.39, 0.29) is 12.2 Å². The van der Waals surface area contributed by atoms with E-state index in [1.165, 1.54) is 11.3 Å². The van der Waals surface area contributed by atoms with Crippen molar-refractivity contribution in [2.24, 2.45) is 4.99 Å². The fraction of sp³-hybridized carbons (Fsp3) is 0.320. The molecule has 0 amide bonds. The van der Waals surface area contributed by atoms with Crippen LogP contribution in [0.15, 0.2) is 50.7 Å². The van der Waals surface area contributed by atoms with Crippen LogP contribution in [0.4, 0.5) is 0 Å². The van der Waals surface area contributed by atoms with Crippen molar-refractivity contribution in [2.45, 2.75) is 33.7 Å². The van der Waals surface area contributed by atoms with Gasteiger partial charge in [-0.3, -0.25) is 9.36 Å². The SMILES string of the molecule is CCOC(=O)C1=C(C)N=c2s/c(=C\c3sccc3C)c(=O)n2[C@@H]1c1ccc(OC)c(OCC)c1. The number of rotatable bonds is 7. The highest BCUT2D eigenvalue weighted by Gasteiger charge is 2.34. The summed E-state index contributed by atoms with van der Waals surface area (Å²) in [6.07, 6.45) is 1.89. The van der Waals surface area contributed by atoms with Crippen molar-refractivity contribution in [3.63, 3.8) is 0 Å². The number of benzene rings is 1. The zero-order valence-electron chi connectivity index (χ0n) is 19.7. The first-order valence-corrected chi connectivity index (χ1v) is 12.6. The second kappa shape index (κ2) is 9.99. The van der Waals surface area contributed by atoms with Crippen LogP contribution in [0, 0.1) is 6.92 Å². The van der Waals surface area contributed by atoms with E-state index in [9.17, 15) is 9.59 Å². The Balaban J connectivity index is 1.98. The number of carbonyl (C=O) groups is 1. The van der Waals surface area contributed by atoms with Gasteiger partial charge in [-0.25, -0.2) is 9.79 Å². The molecule has 1 atom stereocenters. The molecule has 1 aliphatic rings. The molecule has 0 saturated heterocycles. The van der Waals surface area contributed by atoms with Gasteiger partial charge in [-0.2, -0.15) is 0 Å². The Hall–Kier alpha value is -3.17. The minimum absolute atomic E-state index is 0.204. The molecule has 0 aliphatic carbocycles. The van der Waals surface area contributed by atoms with Crippen molar-refractivity contribution in [2.75, 3.05) is 20.3 Å². The van der Waals surface area contributed by atoms with Crippen molar-refractivity contribution in [1.82, 2.24) is 4.57 Å². The van der Waals surface area contributed by atoms with Gasteiger partial charge in [-0.1, -0.05) is 17.4 Å². The van der Waals surface area contributed by atoms with E-state index in [0.717, 1.165) is 10.4 Å². The normalized spacial score (nSPS) is 15.7. The van der Waals surface area contributed by atoms with E-state index in [0.29, 0.717) is 44.3 Å². The van der Waals surface area contributed by atoms with Gasteiger partial charge in [0, 0.05) is 4.88 Å². The highest BCUT2D eigenvalue weighted by atomic mass is 32.1. The standard InChI is InChI=1S/C25H26N2O5S2/c1-6-31-18-12-16(8-9-17(18)30-5)22-21(24(29)32-7-2)15(4)26-25-27(22)23(28)20(34-25)13-19-14(3)10-11-33-19/h8-13,22H,6-7H2,1-5H3/b20-13-/t22-/m1/s1. The molecule has 1 aliphatic heterocycles. The summed E-state index contributed by atoms with van der Waals surface area (Å²) >= 11 is 2.89. The zero-order chi connectivity index (χ0) is 24.4. The van der Waals surface area contributed by atoms with Gasteiger partial charge in [0.15, 0.2) is 16.3 Å². The van der Waals surface area contributed by atoms with E-state index in [1.54, 1.807) is 42.9 Å². The lowest BCUT2D eigenvalue weighted by atomic mass is 9.95. The predicted molar refractivity (Wildman–Crippen MR) is 134 cm³/mol. The van der Waals surface area contributed by atoms with Crippen LogP contribution in [-0.4, -0.2) is 30.9 Å². The first-order chi connectivity index (χ1) is 16.4. The van der Waals surface area contributed by atoms with Crippen molar-refractivity contribution < 1.29 is 19.0 Å². The molecule has 3 heterocycles. The Morgan fingerprint density at radius 1 is 1.18 bits per heavy atom. The van der Waals surface area contributed by atoms with Gasteiger partial charge >= 0.3 is 5.97 Å². The van der Waals surface area contributed by atoms with Crippen LogP contribution in [0.2, 0.25) is 0 Å². The molecule has 2 aromatic heterocycles. The number of hydrogen-bond donors (Lipinski definition) is 0. The summed E-state index contributed by atoms with van der Waals surface area (Å²) in [5, 5.41) is 2.00. The number of nitrogens with zero attached hydrogens (tertiary/aromatic N) is 2. The monoisotopic (exact) mass is 498 g/mol. The van der Waals surface area contributed by atoms with Gasteiger partial charge in [-0.05, 0) is 68.5 Å². The van der Waals surface area contributed by atoms with Crippen LogP contribution in [0.3, 0.4) is 0 Å². The Bertz CT molecular complexity index is 1440. The fourth-order valence-electron chi connectivity index (χ4n) is 3.89. The summed E-state index contributed by atoms with van der Waals surface area (Å²) in [6.45, 7) is 8.09. The average molecular weight is 499 g/mol. The quantitative estimate of drug-likeness (QED) is 0.466. The molecule has 0 unspecified atom stereocenters. The summed E-state index contributed by atoms with van der Waals surface area (Å²) in [6, 6.07) is 6.75. The number of aryl methyl sites for hydroxylation is 1. The van der Waals surface area contributed by atoms with Gasteiger partial charge in [0.2, 0.25) is 0 Å². The summed E-state index contributed by atoms with van der Waals surface area (Å²) in [5.41, 5.74) is 2.47. The number of methoxy groups -OCH3 is 1. The molecule has 7 nitrogen and oxygen atoms in total. The van der Waals surface area contributed by atoms with Crippen molar-refractivity contribution in [3.8, 4) is 11.5 Å². The van der Waals surface area contributed by atoms with E-state index < -0.39 is 12.0 Å². The number of esters is 1. The summed E-state index contributed by atoms with van der Waals surface area (Å²) < 4.78 is 18.7. The number of thiophene rings is 1. The molecule has 34 heavy (non-hydrogen) atoms. The summed E-state index contributed by atoms with van der Waals surface area (Å²) in [4.78, 5) is 32.9. The third-order valence-corrected chi connectivity index (χ3v) is 7.43. The first kappa shape index (κ1) is 24.0. The Morgan fingerprint density at radius 2 is 1.97 bits per heavy atom. The number of thiazole rings is 1. The molecular weight excluding hydrogens is 472 g/mol. The second-order valence-corrected chi connectivity index (χ2v) is 9.57. The van der Waals surface area contributed by atoms with Crippen LogP contribution >= 0.6 is 22.7 Å². The van der Waals surface area contributed by atoms with Crippen LogP contribution in [0.25, 0.3) is 6.08 Å².